The van der Waals surface area contributed by atoms with Crippen LogP contribution in [0.5, 0.6) is 0 Å². The minimum Gasteiger partial charge on any atom is -0.379 e. The van der Waals surface area contributed by atoms with Gasteiger partial charge in [-0.25, -0.2) is 4.99 Å². The molecule has 0 aliphatic carbocycles. The number of hydrogen-bond acceptors (Lipinski definition) is 6. The van der Waals surface area contributed by atoms with Crippen molar-refractivity contribution in [3.05, 3.63) is 0 Å². The SMILES string of the molecule is CN(C)C(=O)CN=C(NCCCN1CCOCC1)N1CCC(CN2CCOCC2)C1. The minimum atomic E-state index is 0.0340. The van der Waals surface area contributed by atoms with Gasteiger partial charge in [0, 0.05) is 66.5 Å². The van der Waals surface area contributed by atoms with E-state index < -0.39 is 0 Å². The van der Waals surface area contributed by atoms with Crippen molar-refractivity contribution in [3.63, 3.8) is 0 Å². The molecule has 3 aliphatic heterocycles. The first-order valence-corrected chi connectivity index (χ1v) is 11.5. The lowest BCUT2D eigenvalue weighted by Crippen LogP contribution is -2.44. The summed E-state index contributed by atoms with van der Waals surface area (Å²) >= 11 is 0. The maximum atomic E-state index is 12.1. The van der Waals surface area contributed by atoms with E-state index in [1.807, 2.05) is 0 Å². The van der Waals surface area contributed by atoms with E-state index in [4.69, 9.17) is 9.47 Å². The number of morpholine rings is 2. The van der Waals surface area contributed by atoms with Gasteiger partial charge in [-0.05, 0) is 25.3 Å². The fraction of sp³-hybridized carbons (Fsp3) is 0.905. The van der Waals surface area contributed by atoms with Crippen molar-refractivity contribution in [2.45, 2.75) is 12.8 Å². The largest absolute Gasteiger partial charge is 0.379 e. The summed E-state index contributed by atoms with van der Waals surface area (Å²) in [5.41, 5.74) is 0. The number of carbonyl (C=O) groups is 1. The molecule has 1 unspecified atom stereocenters. The summed E-state index contributed by atoms with van der Waals surface area (Å²) in [5.74, 6) is 1.57. The van der Waals surface area contributed by atoms with E-state index in [1.165, 1.54) is 6.42 Å². The molecule has 0 saturated carbocycles. The third-order valence-corrected chi connectivity index (χ3v) is 6.11. The summed E-state index contributed by atoms with van der Waals surface area (Å²) < 4.78 is 10.9. The van der Waals surface area contributed by atoms with Gasteiger partial charge in [0.05, 0.1) is 26.4 Å². The molecule has 9 heteroatoms. The number of guanidine groups is 1. The van der Waals surface area contributed by atoms with E-state index in [0.717, 1.165) is 97.7 Å². The Balaban J connectivity index is 1.47. The first kappa shape index (κ1) is 23.2. The Morgan fingerprint density at radius 3 is 2.37 bits per heavy atom. The van der Waals surface area contributed by atoms with E-state index in [1.54, 1.807) is 19.0 Å². The van der Waals surface area contributed by atoms with Crippen LogP contribution in [0.15, 0.2) is 4.99 Å². The van der Waals surface area contributed by atoms with Gasteiger partial charge in [0.25, 0.3) is 0 Å². The summed E-state index contributed by atoms with van der Waals surface area (Å²) in [7, 11) is 3.56. The number of hydrogen-bond donors (Lipinski definition) is 1. The quantitative estimate of drug-likeness (QED) is 0.317. The molecule has 9 nitrogen and oxygen atoms in total. The Hall–Kier alpha value is -1.42. The zero-order valence-corrected chi connectivity index (χ0v) is 18.9. The van der Waals surface area contributed by atoms with Crippen LogP contribution < -0.4 is 5.32 Å². The van der Waals surface area contributed by atoms with Crippen molar-refractivity contribution in [2.24, 2.45) is 10.9 Å². The summed E-state index contributed by atoms with van der Waals surface area (Å²) in [6, 6.07) is 0. The minimum absolute atomic E-state index is 0.0340. The molecule has 3 rings (SSSR count). The molecular weight excluding hydrogens is 384 g/mol. The van der Waals surface area contributed by atoms with Gasteiger partial charge < -0.3 is 24.6 Å². The van der Waals surface area contributed by atoms with Crippen LogP contribution >= 0.6 is 0 Å². The smallest absolute Gasteiger partial charge is 0.243 e. The van der Waals surface area contributed by atoms with Crippen LogP contribution in [0, 0.1) is 5.92 Å². The average molecular weight is 425 g/mol. The van der Waals surface area contributed by atoms with Crippen LogP contribution in [0.3, 0.4) is 0 Å². The van der Waals surface area contributed by atoms with Crippen LogP contribution in [0.2, 0.25) is 0 Å². The Morgan fingerprint density at radius 2 is 1.70 bits per heavy atom. The van der Waals surface area contributed by atoms with E-state index >= 15 is 0 Å². The lowest BCUT2D eigenvalue weighted by atomic mass is 10.1. The van der Waals surface area contributed by atoms with Crippen LogP contribution in [0.25, 0.3) is 0 Å². The molecule has 3 heterocycles. The highest BCUT2D eigenvalue weighted by molar-refractivity contribution is 5.85. The second-order valence-corrected chi connectivity index (χ2v) is 8.68. The van der Waals surface area contributed by atoms with Crippen LogP contribution in [0.1, 0.15) is 12.8 Å². The number of rotatable bonds is 8. The van der Waals surface area contributed by atoms with E-state index in [0.29, 0.717) is 5.92 Å². The molecule has 3 aliphatic rings. The molecule has 1 N–H and O–H groups in total. The van der Waals surface area contributed by atoms with Gasteiger partial charge >= 0.3 is 0 Å². The molecule has 3 saturated heterocycles. The number of likely N-dealkylation sites (tertiary alicyclic amines) is 1. The van der Waals surface area contributed by atoms with Gasteiger partial charge in [0.1, 0.15) is 6.54 Å². The fourth-order valence-corrected chi connectivity index (χ4v) is 4.20. The molecule has 3 fully saturated rings. The highest BCUT2D eigenvalue weighted by atomic mass is 16.5. The van der Waals surface area contributed by atoms with Crippen molar-refractivity contribution >= 4 is 11.9 Å². The lowest BCUT2D eigenvalue weighted by Gasteiger charge is -2.29. The van der Waals surface area contributed by atoms with Gasteiger partial charge in [0.15, 0.2) is 5.96 Å². The number of amides is 1. The van der Waals surface area contributed by atoms with Gasteiger partial charge in [-0.3, -0.25) is 14.6 Å². The second-order valence-electron chi connectivity index (χ2n) is 8.68. The van der Waals surface area contributed by atoms with Crippen molar-refractivity contribution in [1.82, 2.24) is 24.9 Å². The summed E-state index contributed by atoms with van der Waals surface area (Å²) in [4.78, 5) is 25.6. The van der Waals surface area contributed by atoms with Crippen molar-refractivity contribution in [3.8, 4) is 0 Å². The fourth-order valence-electron chi connectivity index (χ4n) is 4.20. The number of carbonyl (C=O) groups excluding carboxylic acids is 1. The Kier molecular flexibility index (Phi) is 9.64. The third-order valence-electron chi connectivity index (χ3n) is 6.11. The first-order valence-electron chi connectivity index (χ1n) is 11.5. The van der Waals surface area contributed by atoms with Crippen LogP contribution in [0.4, 0.5) is 0 Å². The monoisotopic (exact) mass is 424 g/mol. The van der Waals surface area contributed by atoms with E-state index in [9.17, 15) is 4.79 Å². The van der Waals surface area contributed by atoms with Gasteiger partial charge in [0.2, 0.25) is 5.91 Å². The Bertz CT molecular complexity index is 547. The van der Waals surface area contributed by atoms with Gasteiger partial charge in [-0.1, -0.05) is 0 Å². The van der Waals surface area contributed by atoms with Crippen LogP contribution in [-0.4, -0.2) is 137 Å². The number of nitrogens with zero attached hydrogens (tertiary/aromatic N) is 5. The summed E-state index contributed by atoms with van der Waals surface area (Å²) in [5, 5.41) is 3.53. The highest BCUT2D eigenvalue weighted by Gasteiger charge is 2.27. The Morgan fingerprint density at radius 1 is 1.03 bits per heavy atom. The van der Waals surface area contributed by atoms with Crippen LogP contribution in [-0.2, 0) is 14.3 Å². The number of likely N-dealkylation sites (N-methyl/N-ethyl adjacent to an activating group) is 1. The summed E-state index contributed by atoms with van der Waals surface area (Å²) in [6.07, 6.45) is 2.24. The van der Waals surface area contributed by atoms with E-state index in [2.05, 4.69) is 25.0 Å². The second kappa shape index (κ2) is 12.4. The molecular formula is C21H40N6O3. The van der Waals surface area contributed by atoms with Gasteiger partial charge in [-0.2, -0.15) is 0 Å². The highest BCUT2D eigenvalue weighted by Crippen LogP contribution is 2.18. The molecule has 1 atom stereocenters. The van der Waals surface area contributed by atoms with Gasteiger partial charge in [-0.15, -0.1) is 0 Å². The molecule has 30 heavy (non-hydrogen) atoms. The lowest BCUT2D eigenvalue weighted by molar-refractivity contribution is -0.127. The van der Waals surface area contributed by atoms with Crippen molar-refractivity contribution in [2.75, 3.05) is 106 Å². The van der Waals surface area contributed by atoms with Crippen molar-refractivity contribution in [1.29, 1.82) is 0 Å². The molecule has 0 radical (unpaired) electrons. The maximum Gasteiger partial charge on any atom is 0.243 e. The number of aliphatic imine (C=N–C) groups is 1. The summed E-state index contributed by atoms with van der Waals surface area (Å²) in [6.45, 7) is 12.8. The number of ether oxygens (including phenoxy) is 2. The molecule has 0 aromatic rings. The molecule has 0 aromatic heterocycles. The van der Waals surface area contributed by atoms with E-state index in [-0.39, 0.29) is 12.5 Å². The number of nitrogens with one attached hydrogen (secondary N) is 1. The molecule has 1 amide bonds. The predicted octanol–water partition coefficient (Wildman–Crippen LogP) is -0.603. The normalized spacial score (nSPS) is 24.3. The Labute approximate surface area is 181 Å². The molecule has 0 spiro atoms. The maximum absolute atomic E-state index is 12.1. The molecule has 0 bridgehead atoms. The van der Waals surface area contributed by atoms with Crippen molar-refractivity contribution < 1.29 is 14.3 Å². The third kappa shape index (κ3) is 7.68. The topological polar surface area (TPSA) is 72.9 Å². The zero-order chi connectivity index (χ0) is 21.2. The standard InChI is InChI=1S/C21H40N6O3/c1-24(2)20(28)16-23-21(22-5-3-6-25-8-12-29-13-9-25)27-7-4-19(18-27)17-26-10-14-30-15-11-26/h19H,3-18H2,1-2H3,(H,22,23). The molecule has 0 aromatic carbocycles. The predicted molar refractivity (Wildman–Crippen MR) is 118 cm³/mol. The average Bonchev–Trinajstić information content (AvgIpc) is 3.22. The first-order chi connectivity index (χ1) is 14.6. The zero-order valence-electron chi connectivity index (χ0n) is 18.9. The molecule has 172 valence electrons.